The molecule has 106 valence electrons. The number of hydrogen-bond acceptors (Lipinski definition) is 4. The summed E-state index contributed by atoms with van der Waals surface area (Å²) in [5.41, 5.74) is 7.77. The van der Waals surface area contributed by atoms with Gasteiger partial charge in [-0.3, -0.25) is 4.98 Å². The largest absolute Gasteiger partial charge is 0.493 e. The van der Waals surface area contributed by atoms with Crippen LogP contribution in [-0.2, 0) is 0 Å². The molecule has 1 aromatic heterocycles. The van der Waals surface area contributed by atoms with E-state index in [1.165, 1.54) is 0 Å². The van der Waals surface area contributed by atoms with E-state index in [9.17, 15) is 0 Å². The molecule has 3 aromatic rings. The molecule has 4 nitrogen and oxygen atoms in total. The maximum atomic E-state index is 6.02. The number of ether oxygens (including phenoxy) is 2. The highest BCUT2D eigenvalue weighted by atomic mass is 16.5. The second kappa shape index (κ2) is 5.32. The number of aryl methyl sites for hydroxylation is 1. The summed E-state index contributed by atoms with van der Waals surface area (Å²) in [6.07, 6.45) is 3.46. The molecule has 0 radical (unpaired) electrons. The van der Waals surface area contributed by atoms with Crippen LogP contribution in [0.2, 0.25) is 0 Å². The topological polar surface area (TPSA) is 57.4 Å². The van der Waals surface area contributed by atoms with E-state index in [1.54, 1.807) is 19.5 Å². The van der Waals surface area contributed by atoms with Crippen molar-refractivity contribution in [1.82, 2.24) is 4.98 Å². The van der Waals surface area contributed by atoms with Crippen molar-refractivity contribution in [2.24, 2.45) is 0 Å². The van der Waals surface area contributed by atoms with Gasteiger partial charge in [0.2, 0.25) is 0 Å². The molecule has 0 aliphatic heterocycles. The van der Waals surface area contributed by atoms with Gasteiger partial charge in [-0.05, 0) is 42.8 Å². The number of anilines is 1. The Bertz CT molecular complexity index is 800. The molecule has 1 heterocycles. The van der Waals surface area contributed by atoms with Crippen LogP contribution in [0, 0.1) is 6.92 Å². The van der Waals surface area contributed by atoms with Crippen LogP contribution in [-0.4, -0.2) is 12.1 Å². The van der Waals surface area contributed by atoms with Crippen molar-refractivity contribution in [3.8, 4) is 17.2 Å². The minimum Gasteiger partial charge on any atom is -0.493 e. The van der Waals surface area contributed by atoms with E-state index in [4.69, 9.17) is 15.2 Å². The van der Waals surface area contributed by atoms with E-state index >= 15 is 0 Å². The zero-order valence-electron chi connectivity index (χ0n) is 12.0. The van der Waals surface area contributed by atoms with Crippen LogP contribution in [0.15, 0.2) is 48.8 Å². The average Bonchev–Trinajstić information content (AvgIpc) is 2.52. The molecule has 0 unspecified atom stereocenters. The van der Waals surface area contributed by atoms with Gasteiger partial charge in [0.15, 0.2) is 11.5 Å². The third-order valence-corrected chi connectivity index (χ3v) is 3.35. The average molecular weight is 280 g/mol. The van der Waals surface area contributed by atoms with Gasteiger partial charge in [-0.15, -0.1) is 0 Å². The van der Waals surface area contributed by atoms with Crippen molar-refractivity contribution < 1.29 is 9.47 Å². The monoisotopic (exact) mass is 280 g/mol. The van der Waals surface area contributed by atoms with Crippen molar-refractivity contribution in [2.45, 2.75) is 6.92 Å². The maximum Gasteiger partial charge on any atom is 0.169 e. The number of rotatable bonds is 3. The van der Waals surface area contributed by atoms with Gasteiger partial charge in [-0.25, -0.2) is 0 Å². The van der Waals surface area contributed by atoms with Gasteiger partial charge in [0.25, 0.3) is 0 Å². The molecule has 0 spiro atoms. The summed E-state index contributed by atoms with van der Waals surface area (Å²) in [7, 11) is 1.63. The van der Waals surface area contributed by atoms with E-state index in [-0.39, 0.29) is 0 Å². The van der Waals surface area contributed by atoms with Crippen LogP contribution in [0.4, 0.5) is 5.69 Å². The maximum absolute atomic E-state index is 6.02. The number of nitrogens with zero attached hydrogens (tertiary/aromatic N) is 1. The number of benzene rings is 2. The highest BCUT2D eigenvalue weighted by Crippen LogP contribution is 2.36. The molecule has 0 saturated carbocycles. The minimum atomic E-state index is 0.672. The van der Waals surface area contributed by atoms with E-state index in [1.807, 2.05) is 43.3 Å². The summed E-state index contributed by atoms with van der Waals surface area (Å²) in [6, 6.07) is 11.4. The summed E-state index contributed by atoms with van der Waals surface area (Å²) in [6.45, 7) is 2.01. The van der Waals surface area contributed by atoms with E-state index < -0.39 is 0 Å². The van der Waals surface area contributed by atoms with Gasteiger partial charge in [-0.2, -0.15) is 0 Å². The standard InChI is InChI=1S/C17H16N2O2/c1-11-3-5-16(17(9-11)20-2)21-15-6-4-14(18)13-10-19-8-7-12(13)15/h3-10H,18H2,1-2H3. The Morgan fingerprint density at radius 1 is 0.952 bits per heavy atom. The highest BCUT2D eigenvalue weighted by molar-refractivity contribution is 5.96. The third kappa shape index (κ3) is 2.48. The molecular weight excluding hydrogens is 264 g/mol. The number of pyridine rings is 1. The minimum absolute atomic E-state index is 0.672. The lowest BCUT2D eigenvalue weighted by Crippen LogP contribution is -1.94. The van der Waals surface area contributed by atoms with Crippen LogP contribution < -0.4 is 15.2 Å². The molecule has 2 aromatic carbocycles. The molecule has 0 aliphatic rings. The first-order chi connectivity index (χ1) is 10.2. The second-order valence-electron chi connectivity index (χ2n) is 4.83. The van der Waals surface area contributed by atoms with Crippen LogP contribution in [0.1, 0.15) is 5.56 Å². The van der Waals surface area contributed by atoms with Gasteiger partial charge in [0.05, 0.1) is 7.11 Å². The van der Waals surface area contributed by atoms with Crippen LogP contribution >= 0.6 is 0 Å². The molecular formula is C17H16N2O2. The zero-order valence-corrected chi connectivity index (χ0v) is 12.0. The van der Waals surface area contributed by atoms with Gasteiger partial charge < -0.3 is 15.2 Å². The number of aromatic nitrogens is 1. The fourth-order valence-electron chi connectivity index (χ4n) is 2.25. The Balaban J connectivity index is 2.09. The summed E-state index contributed by atoms with van der Waals surface area (Å²) < 4.78 is 11.4. The van der Waals surface area contributed by atoms with Crippen LogP contribution in [0.25, 0.3) is 10.8 Å². The van der Waals surface area contributed by atoms with Gasteiger partial charge in [0, 0.05) is 28.9 Å². The van der Waals surface area contributed by atoms with Crippen molar-refractivity contribution in [3.05, 3.63) is 54.4 Å². The summed E-state index contributed by atoms with van der Waals surface area (Å²) in [5, 5.41) is 1.80. The fraction of sp³-hybridized carbons (Fsp3) is 0.118. The van der Waals surface area contributed by atoms with Crippen molar-refractivity contribution in [1.29, 1.82) is 0 Å². The predicted molar refractivity (Wildman–Crippen MR) is 84.0 cm³/mol. The first-order valence-corrected chi connectivity index (χ1v) is 6.64. The second-order valence-corrected chi connectivity index (χ2v) is 4.83. The predicted octanol–water partition coefficient (Wildman–Crippen LogP) is 3.93. The van der Waals surface area contributed by atoms with E-state index in [2.05, 4.69) is 4.98 Å². The smallest absolute Gasteiger partial charge is 0.169 e. The summed E-state index contributed by atoms with van der Waals surface area (Å²) in [4.78, 5) is 4.11. The molecule has 0 bridgehead atoms. The van der Waals surface area contributed by atoms with Crippen molar-refractivity contribution >= 4 is 16.5 Å². The van der Waals surface area contributed by atoms with Crippen LogP contribution in [0.5, 0.6) is 17.2 Å². The number of methoxy groups -OCH3 is 1. The number of hydrogen-bond donors (Lipinski definition) is 1. The lowest BCUT2D eigenvalue weighted by molar-refractivity contribution is 0.380. The Labute approximate surface area is 123 Å². The number of fused-ring (bicyclic) bond motifs is 1. The Morgan fingerprint density at radius 3 is 2.57 bits per heavy atom. The number of nitrogens with two attached hydrogens (primary N) is 1. The number of nitrogen functional groups attached to an aromatic ring is 1. The quantitative estimate of drug-likeness (QED) is 0.739. The molecule has 0 saturated heterocycles. The Kier molecular flexibility index (Phi) is 3.36. The summed E-state index contributed by atoms with van der Waals surface area (Å²) >= 11 is 0. The van der Waals surface area contributed by atoms with E-state index in [0.29, 0.717) is 17.2 Å². The van der Waals surface area contributed by atoms with E-state index in [0.717, 1.165) is 22.1 Å². The van der Waals surface area contributed by atoms with Crippen molar-refractivity contribution in [3.63, 3.8) is 0 Å². The highest BCUT2D eigenvalue weighted by Gasteiger charge is 2.10. The third-order valence-electron chi connectivity index (χ3n) is 3.35. The first kappa shape index (κ1) is 13.2. The lowest BCUT2D eigenvalue weighted by Gasteiger charge is -2.13. The van der Waals surface area contributed by atoms with Gasteiger partial charge in [0.1, 0.15) is 5.75 Å². The fourth-order valence-corrected chi connectivity index (χ4v) is 2.25. The SMILES string of the molecule is COc1cc(C)ccc1Oc1ccc(N)c2cnccc12. The first-order valence-electron chi connectivity index (χ1n) is 6.64. The van der Waals surface area contributed by atoms with Crippen LogP contribution in [0.3, 0.4) is 0 Å². The van der Waals surface area contributed by atoms with Crippen molar-refractivity contribution in [2.75, 3.05) is 12.8 Å². The molecule has 0 atom stereocenters. The van der Waals surface area contributed by atoms with Gasteiger partial charge in [-0.1, -0.05) is 6.07 Å². The molecule has 0 fully saturated rings. The Hall–Kier alpha value is -2.75. The molecule has 0 aliphatic carbocycles. The lowest BCUT2D eigenvalue weighted by atomic mass is 10.1. The summed E-state index contributed by atoms with van der Waals surface area (Å²) in [5.74, 6) is 2.10. The van der Waals surface area contributed by atoms with Gasteiger partial charge >= 0.3 is 0 Å². The molecule has 4 heteroatoms. The molecule has 3 rings (SSSR count). The Morgan fingerprint density at radius 2 is 1.76 bits per heavy atom. The zero-order chi connectivity index (χ0) is 14.8. The molecule has 21 heavy (non-hydrogen) atoms. The molecule has 2 N–H and O–H groups in total. The molecule has 0 amide bonds. The normalized spacial score (nSPS) is 10.6.